The predicted molar refractivity (Wildman–Crippen MR) is 84.9 cm³/mol. The summed E-state index contributed by atoms with van der Waals surface area (Å²) in [5.41, 5.74) is 1.05. The summed E-state index contributed by atoms with van der Waals surface area (Å²) in [6.45, 7) is 9.56. The molecule has 112 valence electrons. The Morgan fingerprint density at radius 3 is 2.65 bits per heavy atom. The second-order valence-electron chi connectivity index (χ2n) is 5.60. The van der Waals surface area contributed by atoms with Gasteiger partial charge in [0, 0.05) is 28.7 Å². The number of ether oxygens (including phenoxy) is 1. The molecule has 0 aliphatic carbocycles. The van der Waals surface area contributed by atoms with Gasteiger partial charge in [-0.2, -0.15) is 0 Å². The molecule has 1 aromatic carbocycles. The molecular formula is C15H23BrN2O2. The first kappa shape index (κ1) is 17.0. The molecule has 0 aromatic heterocycles. The number of amides is 1. The summed E-state index contributed by atoms with van der Waals surface area (Å²) in [5.74, 6) is 0.626. The second-order valence-corrected chi connectivity index (χ2v) is 6.51. The lowest BCUT2D eigenvalue weighted by atomic mass is 10.1. The van der Waals surface area contributed by atoms with Gasteiger partial charge in [-0.05, 0) is 45.9 Å². The van der Waals surface area contributed by atoms with E-state index in [0.717, 1.165) is 15.8 Å². The van der Waals surface area contributed by atoms with Gasteiger partial charge in [-0.1, -0.05) is 15.9 Å². The average Bonchev–Trinajstić information content (AvgIpc) is 2.34. The highest BCUT2D eigenvalue weighted by Gasteiger charge is 2.12. The van der Waals surface area contributed by atoms with Gasteiger partial charge < -0.3 is 15.4 Å². The lowest BCUT2D eigenvalue weighted by Gasteiger charge is -2.21. The summed E-state index contributed by atoms with van der Waals surface area (Å²) in [5, 5.41) is 6.13. The Labute approximate surface area is 129 Å². The molecule has 0 bridgehead atoms. The number of carbonyl (C=O) groups excluding carboxylic acids is 1. The highest BCUT2D eigenvalue weighted by Crippen LogP contribution is 2.23. The summed E-state index contributed by atoms with van der Waals surface area (Å²) < 4.78 is 6.59. The summed E-state index contributed by atoms with van der Waals surface area (Å²) >= 11 is 3.46. The highest BCUT2D eigenvalue weighted by molar-refractivity contribution is 9.10. The molecule has 4 nitrogen and oxygen atoms in total. The normalized spacial score (nSPS) is 11.2. The first-order valence-electron chi connectivity index (χ1n) is 6.75. The van der Waals surface area contributed by atoms with Gasteiger partial charge in [0.1, 0.15) is 5.75 Å². The van der Waals surface area contributed by atoms with Gasteiger partial charge in [-0.15, -0.1) is 0 Å². The topological polar surface area (TPSA) is 50.4 Å². The van der Waals surface area contributed by atoms with Crippen molar-refractivity contribution >= 4 is 21.8 Å². The van der Waals surface area contributed by atoms with Crippen molar-refractivity contribution in [3.63, 3.8) is 0 Å². The molecule has 0 radical (unpaired) electrons. The molecule has 0 spiro atoms. The van der Waals surface area contributed by atoms with Crippen LogP contribution in [-0.2, 0) is 11.3 Å². The smallest absolute Gasteiger partial charge is 0.257 e. The van der Waals surface area contributed by atoms with Crippen LogP contribution in [0.1, 0.15) is 33.3 Å². The Morgan fingerprint density at radius 1 is 1.35 bits per heavy atom. The Balaban J connectivity index is 2.72. The standard InChI is InChI=1S/C15H23BrN2O2/c1-5-17-14(19)10-20-13-7-6-12(16)8-11(13)9-18-15(2,3)4/h6-8,18H,5,9-10H2,1-4H3,(H,17,19). The van der Waals surface area contributed by atoms with Crippen LogP contribution in [0.4, 0.5) is 0 Å². The molecule has 0 fully saturated rings. The number of halogens is 1. The van der Waals surface area contributed by atoms with Crippen LogP contribution in [0.15, 0.2) is 22.7 Å². The number of likely N-dealkylation sites (N-methyl/N-ethyl adjacent to an activating group) is 1. The molecule has 0 unspecified atom stereocenters. The van der Waals surface area contributed by atoms with Crippen molar-refractivity contribution < 1.29 is 9.53 Å². The minimum Gasteiger partial charge on any atom is -0.483 e. The fraction of sp³-hybridized carbons (Fsp3) is 0.533. The van der Waals surface area contributed by atoms with E-state index >= 15 is 0 Å². The van der Waals surface area contributed by atoms with Gasteiger partial charge in [0.25, 0.3) is 5.91 Å². The van der Waals surface area contributed by atoms with E-state index in [1.165, 1.54) is 0 Å². The molecule has 0 aliphatic heterocycles. The third kappa shape index (κ3) is 6.39. The van der Waals surface area contributed by atoms with Crippen molar-refractivity contribution in [3.8, 4) is 5.75 Å². The van der Waals surface area contributed by atoms with Crippen molar-refractivity contribution in [3.05, 3.63) is 28.2 Å². The molecule has 0 atom stereocenters. The SMILES string of the molecule is CCNC(=O)COc1ccc(Br)cc1CNC(C)(C)C. The van der Waals surface area contributed by atoms with Gasteiger partial charge in [0.15, 0.2) is 6.61 Å². The molecule has 1 amide bonds. The van der Waals surface area contributed by atoms with Crippen LogP contribution < -0.4 is 15.4 Å². The van der Waals surface area contributed by atoms with Crippen LogP contribution in [0.3, 0.4) is 0 Å². The van der Waals surface area contributed by atoms with E-state index in [9.17, 15) is 4.79 Å². The molecule has 2 N–H and O–H groups in total. The minimum atomic E-state index is -0.106. The minimum absolute atomic E-state index is 0.0270. The number of benzene rings is 1. The van der Waals surface area contributed by atoms with Crippen molar-refractivity contribution in [2.45, 2.75) is 39.8 Å². The molecule has 20 heavy (non-hydrogen) atoms. The maximum Gasteiger partial charge on any atom is 0.257 e. The van der Waals surface area contributed by atoms with E-state index < -0.39 is 0 Å². The molecule has 0 saturated heterocycles. The van der Waals surface area contributed by atoms with Gasteiger partial charge >= 0.3 is 0 Å². The molecule has 0 aliphatic rings. The number of rotatable bonds is 6. The second kappa shape index (κ2) is 7.64. The summed E-state index contributed by atoms with van der Waals surface area (Å²) in [6.07, 6.45) is 0. The highest BCUT2D eigenvalue weighted by atomic mass is 79.9. The third-order valence-corrected chi connectivity index (χ3v) is 3.06. The van der Waals surface area contributed by atoms with Crippen molar-refractivity contribution in [2.75, 3.05) is 13.2 Å². The van der Waals surface area contributed by atoms with E-state index in [4.69, 9.17) is 4.74 Å². The number of carbonyl (C=O) groups is 1. The van der Waals surface area contributed by atoms with E-state index in [1.54, 1.807) is 0 Å². The van der Waals surface area contributed by atoms with E-state index in [2.05, 4.69) is 47.3 Å². The maximum atomic E-state index is 11.5. The van der Waals surface area contributed by atoms with E-state index in [-0.39, 0.29) is 18.1 Å². The third-order valence-electron chi connectivity index (χ3n) is 2.56. The molecule has 5 heteroatoms. The number of hydrogen-bond acceptors (Lipinski definition) is 3. The van der Waals surface area contributed by atoms with Crippen LogP contribution >= 0.6 is 15.9 Å². The van der Waals surface area contributed by atoms with E-state index in [1.807, 2.05) is 25.1 Å². The Kier molecular flexibility index (Phi) is 6.49. The summed E-state index contributed by atoms with van der Waals surface area (Å²) in [7, 11) is 0. The van der Waals surface area contributed by atoms with Crippen molar-refractivity contribution in [1.82, 2.24) is 10.6 Å². The Morgan fingerprint density at radius 2 is 2.05 bits per heavy atom. The molecular weight excluding hydrogens is 320 g/mol. The fourth-order valence-electron chi connectivity index (χ4n) is 1.58. The van der Waals surface area contributed by atoms with Gasteiger partial charge in [-0.25, -0.2) is 0 Å². The quantitative estimate of drug-likeness (QED) is 0.835. The zero-order chi connectivity index (χ0) is 15.2. The maximum absolute atomic E-state index is 11.5. The average molecular weight is 343 g/mol. The zero-order valence-corrected chi connectivity index (χ0v) is 14.1. The van der Waals surface area contributed by atoms with Crippen LogP contribution in [0.5, 0.6) is 5.75 Å². The lowest BCUT2D eigenvalue weighted by Crippen LogP contribution is -2.35. The number of nitrogens with one attached hydrogen (secondary N) is 2. The van der Waals surface area contributed by atoms with Gasteiger partial charge in [0.05, 0.1) is 0 Å². The van der Waals surface area contributed by atoms with Crippen LogP contribution in [0, 0.1) is 0 Å². The Bertz CT molecular complexity index is 456. The lowest BCUT2D eigenvalue weighted by molar-refractivity contribution is -0.122. The zero-order valence-electron chi connectivity index (χ0n) is 12.5. The monoisotopic (exact) mass is 342 g/mol. The Hall–Kier alpha value is -1.07. The predicted octanol–water partition coefficient (Wildman–Crippen LogP) is 2.85. The summed E-state index contributed by atoms with van der Waals surface area (Å²) in [4.78, 5) is 11.5. The largest absolute Gasteiger partial charge is 0.483 e. The molecule has 0 saturated carbocycles. The molecule has 0 heterocycles. The first-order valence-corrected chi connectivity index (χ1v) is 7.54. The number of hydrogen-bond donors (Lipinski definition) is 2. The van der Waals surface area contributed by atoms with Crippen LogP contribution in [0.2, 0.25) is 0 Å². The van der Waals surface area contributed by atoms with Gasteiger partial charge in [-0.3, -0.25) is 4.79 Å². The van der Waals surface area contributed by atoms with Crippen LogP contribution in [-0.4, -0.2) is 24.6 Å². The first-order chi connectivity index (χ1) is 9.31. The molecule has 1 rings (SSSR count). The van der Waals surface area contributed by atoms with Crippen molar-refractivity contribution in [1.29, 1.82) is 0 Å². The fourth-order valence-corrected chi connectivity index (χ4v) is 1.99. The summed E-state index contributed by atoms with van der Waals surface area (Å²) in [6, 6.07) is 5.79. The van der Waals surface area contributed by atoms with Gasteiger partial charge in [0.2, 0.25) is 0 Å². The molecule has 1 aromatic rings. The van der Waals surface area contributed by atoms with Crippen molar-refractivity contribution in [2.24, 2.45) is 0 Å². The van der Waals surface area contributed by atoms with E-state index in [0.29, 0.717) is 13.1 Å². The van der Waals surface area contributed by atoms with Crippen LogP contribution in [0.25, 0.3) is 0 Å².